The van der Waals surface area contributed by atoms with Crippen LogP contribution in [0.2, 0.25) is 0 Å². The van der Waals surface area contributed by atoms with Crippen LogP contribution in [0.25, 0.3) is 0 Å². The van der Waals surface area contributed by atoms with Gasteiger partial charge in [0.25, 0.3) is 5.91 Å². The van der Waals surface area contributed by atoms with Gasteiger partial charge in [0.15, 0.2) is 6.61 Å². The highest BCUT2D eigenvalue weighted by atomic mass is 32.2. The number of rotatable bonds is 6. The van der Waals surface area contributed by atoms with Gasteiger partial charge in [-0.2, -0.15) is 0 Å². The van der Waals surface area contributed by atoms with Crippen LogP contribution in [-0.2, 0) is 11.4 Å². The van der Waals surface area contributed by atoms with Crippen LogP contribution in [0.4, 0.5) is 0 Å². The third kappa shape index (κ3) is 4.90. The maximum Gasteiger partial charge on any atom is 0.260 e. The molecular formula is C19H21NO4S. The molecule has 5 nitrogen and oxygen atoms in total. The van der Waals surface area contributed by atoms with Crippen molar-refractivity contribution < 1.29 is 19.7 Å². The van der Waals surface area contributed by atoms with Gasteiger partial charge in [-0.1, -0.05) is 18.2 Å². The average molecular weight is 359 g/mol. The predicted octanol–water partition coefficient (Wildman–Crippen LogP) is 2.66. The standard InChI is InChI=1S/C19H21NO4S/c21-12-14-4-6-16(7-5-14)24-13-19(23)20-9-8-18(11-20)25-17-3-1-2-15(22)10-17/h1-7,10,18,21-22H,8-9,11-13H2. The number of thioether (sulfide) groups is 1. The molecule has 1 unspecified atom stereocenters. The highest BCUT2D eigenvalue weighted by molar-refractivity contribution is 8.00. The lowest BCUT2D eigenvalue weighted by atomic mass is 10.2. The molecule has 2 N–H and O–H groups in total. The number of aromatic hydroxyl groups is 1. The van der Waals surface area contributed by atoms with Crippen LogP contribution in [0.1, 0.15) is 12.0 Å². The number of likely N-dealkylation sites (tertiary alicyclic amines) is 1. The molecule has 0 saturated carbocycles. The summed E-state index contributed by atoms with van der Waals surface area (Å²) in [6.45, 7) is 1.42. The molecule has 0 aliphatic carbocycles. The Morgan fingerprint density at radius 3 is 2.76 bits per heavy atom. The Labute approximate surface area is 151 Å². The first kappa shape index (κ1) is 17.6. The Bertz CT molecular complexity index is 720. The van der Waals surface area contributed by atoms with E-state index in [9.17, 15) is 9.90 Å². The number of nitrogens with zero attached hydrogens (tertiary/aromatic N) is 1. The molecule has 0 spiro atoms. The number of amides is 1. The van der Waals surface area contributed by atoms with Crippen molar-refractivity contribution in [2.24, 2.45) is 0 Å². The molecule has 132 valence electrons. The van der Waals surface area contributed by atoms with Gasteiger partial charge in [-0.15, -0.1) is 11.8 Å². The molecule has 2 aromatic carbocycles. The number of ether oxygens (including phenoxy) is 1. The highest BCUT2D eigenvalue weighted by Crippen LogP contribution is 2.31. The number of benzene rings is 2. The number of phenolic OH excluding ortho intramolecular Hbond substituents is 1. The van der Waals surface area contributed by atoms with Gasteiger partial charge in [0.05, 0.1) is 6.61 Å². The fourth-order valence-corrected chi connectivity index (χ4v) is 3.94. The Hall–Kier alpha value is -2.18. The Kier molecular flexibility index (Phi) is 5.83. The topological polar surface area (TPSA) is 70.0 Å². The molecule has 3 rings (SSSR count). The molecule has 25 heavy (non-hydrogen) atoms. The maximum atomic E-state index is 12.3. The van der Waals surface area contributed by atoms with Crippen LogP contribution < -0.4 is 4.74 Å². The van der Waals surface area contributed by atoms with Crippen LogP contribution in [0, 0.1) is 0 Å². The van der Waals surface area contributed by atoms with Crippen LogP contribution in [0.3, 0.4) is 0 Å². The Morgan fingerprint density at radius 2 is 2.04 bits per heavy atom. The first-order valence-corrected chi connectivity index (χ1v) is 9.08. The van der Waals surface area contributed by atoms with E-state index in [1.54, 1.807) is 48.2 Å². The lowest BCUT2D eigenvalue weighted by molar-refractivity contribution is -0.132. The highest BCUT2D eigenvalue weighted by Gasteiger charge is 2.27. The Balaban J connectivity index is 1.47. The number of hydrogen-bond donors (Lipinski definition) is 2. The van der Waals surface area contributed by atoms with Gasteiger partial charge in [0, 0.05) is 23.2 Å². The van der Waals surface area contributed by atoms with Crippen molar-refractivity contribution in [1.29, 1.82) is 0 Å². The van der Waals surface area contributed by atoms with Gasteiger partial charge in [-0.3, -0.25) is 4.79 Å². The van der Waals surface area contributed by atoms with Crippen molar-refractivity contribution >= 4 is 17.7 Å². The summed E-state index contributed by atoms with van der Waals surface area (Å²) >= 11 is 1.69. The van der Waals surface area contributed by atoms with E-state index in [0.29, 0.717) is 17.5 Å². The first-order valence-electron chi connectivity index (χ1n) is 8.20. The summed E-state index contributed by atoms with van der Waals surface area (Å²) in [6, 6.07) is 14.2. The van der Waals surface area contributed by atoms with Crippen molar-refractivity contribution in [2.45, 2.75) is 23.2 Å². The minimum absolute atomic E-state index is 0.00870. The van der Waals surface area contributed by atoms with E-state index in [0.717, 1.165) is 23.4 Å². The second-order valence-electron chi connectivity index (χ2n) is 5.96. The quantitative estimate of drug-likeness (QED) is 0.830. The predicted molar refractivity (Wildman–Crippen MR) is 96.8 cm³/mol. The number of aliphatic hydroxyl groups excluding tert-OH is 1. The largest absolute Gasteiger partial charge is 0.508 e. The van der Waals surface area contributed by atoms with E-state index >= 15 is 0 Å². The average Bonchev–Trinajstić information content (AvgIpc) is 3.08. The normalized spacial score (nSPS) is 16.8. The summed E-state index contributed by atoms with van der Waals surface area (Å²) in [5.74, 6) is 0.859. The molecule has 1 atom stereocenters. The van der Waals surface area contributed by atoms with E-state index in [4.69, 9.17) is 9.84 Å². The zero-order chi connectivity index (χ0) is 17.6. The van der Waals surface area contributed by atoms with E-state index in [-0.39, 0.29) is 24.9 Å². The minimum atomic E-state index is -0.0229. The molecule has 1 saturated heterocycles. The maximum absolute atomic E-state index is 12.3. The number of carbonyl (C=O) groups excluding carboxylic acids is 1. The van der Waals surface area contributed by atoms with E-state index in [2.05, 4.69) is 0 Å². The van der Waals surface area contributed by atoms with Crippen LogP contribution in [-0.4, -0.2) is 46.0 Å². The zero-order valence-electron chi connectivity index (χ0n) is 13.8. The van der Waals surface area contributed by atoms with Gasteiger partial charge in [-0.05, 0) is 42.3 Å². The molecule has 1 heterocycles. The summed E-state index contributed by atoms with van der Waals surface area (Å²) < 4.78 is 5.54. The third-order valence-electron chi connectivity index (χ3n) is 4.09. The fourth-order valence-electron chi connectivity index (χ4n) is 2.73. The molecule has 2 aromatic rings. The van der Waals surface area contributed by atoms with E-state index < -0.39 is 0 Å². The number of aliphatic hydroxyl groups is 1. The SMILES string of the molecule is O=C(COc1ccc(CO)cc1)N1CCC(Sc2cccc(O)c2)C1. The molecular weight excluding hydrogens is 338 g/mol. The lowest BCUT2D eigenvalue weighted by Crippen LogP contribution is -2.33. The van der Waals surface area contributed by atoms with Crippen molar-refractivity contribution in [2.75, 3.05) is 19.7 Å². The molecule has 1 amide bonds. The summed E-state index contributed by atoms with van der Waals surface area (Å²) in [7, 11) is 0. The van der Waals surface area contributed by atoms with Crippen LogP contribution in [0.5, 0.6) is 11.5 Å². The smallest absolute Gasteiger partial charge is 0.260 e. The third-order valence-corrected chi connectivity index (χ3v) is 5.33. The summed E-state index contributed by atoms with van der Waals surface area (Å²) in [5.41, 5.74) is 0.810. The van der Waals surface area contributed by atoms with Crippen molar-refractivity contribution in [3.63, 3.8) is 0 Å². The first-order chi connectivity index (χ1) is 12.1. The Morgan fingerprint density at radius 1 is 1.24 bits per heavy atom. The van der Waals surface area contributed by atoms with Crippen molar-refractivity contribution in [3.8, 4) is 11.5 Å². The lowest BCUT2D eigenvalue weighted by Gasteiger charge is -2.17. The molecule has 1 aliphatic rings. The zero-order valence-corrected chi connectivity index (χ0v) is 14.6. The van der Waals surface area contributed by atoms with Gasteiger partial charge in [0.2, 0.25) is 0 Å². The number of hydrogen-bond acceptors (Lipinski definition) is 5. The monoisotopic (exact) mass is 359 g/mol. The molecule has 0 aromatic heterocycles. The summed E-state index contributed by atoms with van der Waals surface area (Å²) in [5, 5.41) is 18.9. The second kappa shape index (κ2) is 8.27. The van der Waals surface area contributed by atoms with Gasteiger partial charge in [-0.25, -0.2) is 0 Å². The minimum Gasteiger partial charge on any atom is -0.508 e. The van der Waals surface area contributed by atoms with Crippen LogP contribution >= 0.6 is 11.8 Å². The molecule has 1 fully saturated rings. The molecule has 1 aliphatic heterocycles. The van der Waals surface area contributed by atoms with E-state index in [1.165, 1.54) is 0 Å². The van der Waals surface area contributed by atoms with Crippen LogP contribution in [0.15, 0.2) is 53.4 Å². The number of phenols is 1. The molecule has 0 radical (unpaired) electrons. The number of carbonyl (C=O) groups is 1. The van der Waals surface area contributed by atoms with Gasteiger partial charge in [0.1, 0.15) is 11.5 Å². The van der Waals surface area contributed by atoms with Gasteiger partial charge >= 0.3 is 0 Å². The molecule has 6 heteroatoms. The summed E-state index contributed by atoms with van der Waals surface area (Å²) in [6.07, 6.45) is 0.928. The van der Waals surface area contributed by atoms with Gasteiger partial charge < -0.3 is 19.8 Å². The second-order valence-corrected chi connectivity index (χ2v) is 7.33. The summed E-state index contributed by atoms with van der Waals surface area (Å²) in [4.78, 5) is 15.1. The van der Waals surface area contributed by atoms with Crippen molar-refractivity contribution in [1.82, 2.24) is 4.90 Å². The fraction of sp³-hybridized carbons (Fsp3) is 0.316. The van der Waals surface area contributed by atoms with Crippen molar-refractivity contribution in [3.05, 3.63) is 54.1 Å². The molecule has 0 bridgehead atoms. The van der Waals surface area contributed by atoms with E-state index in [1.807, 2.05) is 17.0 Å².